The van der Waals surface area contributed by atoms with Crippen LogP contribution >= 0.6 is 24.0 Å². The van der Waals surface area contributed by atoms with Crippen LogP contribution in [-0.4, -0.2) is 42.9 Å². The molecule has 1 aromatic rings. The van der Waals surface area contributed by atoms with Gasteiger partial charge in [-0.3, -0.25) is 9.79 Å². The lowest BCUT2D eigenvalue weighted by Crippen LogP contribution is -2.37. The van der Waals surface area contributed by atoms with Crippen molar-refractivity contribution in [3.63, 3.8) is 0 Å². The summed E-state index contributed by atoms with van der Waals surface area (Å²) in [5.74, 6) is 0.755. The van der Waals surface area contributed by atoms with Gasteiger partial charge >= 0.3 is 0 Å². The Morgan fingerprint density at radius 2 is 2.00 bits per heavy atom. The van der Waals surface area contributed by atoms with Gasteiger partial charge in [-0.1, -0.05) is 18.2 Å². The van der Waals surface area contributed by atoms with Gasteiger partial charge in [-0.25, -0.2) is 0 Å². The van der Waals surface area contributed by atoms with Crippen LogP contribution in [0.1, 0.15) is 32.3 Å². The second kappa shape index (κ2) is 9.75. The van der Waals surface area contributed by atoms with E-state index in [1.54, 1.807) is 0 Å². The summed E-state index contributed by atoms with van der Waals surface area (Å²) in [6, 6.07) is 8.13. The fourth-order valence-electron chi connectivity index (χ4n) is 2.80. The summed E-state index contributed by atoms with van der Waals surface area (Å²) < 4.78 is 0. The molecule has 128 valence electrons. The quantitative estimate of drug-likeness (QED) is 0.327. The molecule has 0 radical (unpaired) electrons. The summed E-state index contributed by atoms with van der Waals surface area (Å²) in [4.78, 5) is 20.6. The van der Waals surface area contributed by atoms with Crippen molar-refractivity contribution in [2.24, 2.45) is 10.7 Å². The molecule has 2 N–H and O–H groups in total. The number of nitrogens with zero attached hydrogens (tertiary/aromatic N) is 3. The maximum atomic E-state index is 12.3. The van der Waals surface area contributed by atoms with Gasteiger partial charge in [-0.05, 0) is 38.3 Å². The minimum Gasteiger partial charge on any atom is -0.370 e. The topological polar surface area (TPSA) is 61.9 Å². The lowest BCUT2D eigenvalue weighted by molar-refractivity contribution is -0.118. The van der Waals surface area contributed by atoms with Crippen molar-refractivity contribution < 1.29 is 4.79 Å². The van der Waals surface area contributed by atoms with Crippen LogP contribution in [0.25, 0.3) is 0 Å². The van der Waals surface area contributed by atoms with Crippen LogP contribution in [0.4, 0.5) is 5.69 Å². The second-order valence-corrected chi connectivity index (χ2v) is 5.44. The van der Waals surface area contributed by atoms with Crippen molar-refractivity contribution in [1.82, 2.24) is 4.90 Å². The Morgan fingerprint density at radius 3 is 2.70 bits per heavy atom. The molecule has 1 heterocycles. The van der Waals surface area contributed by atoms with Crippen molar-refractivity contribution in [3.8, 4) is 0 Å². The number of anilines is 1. The van der Waals surface area contributed by atoms with Crippen molar-refractivity contribution in [2.45, 2.75) is 33.1 Å². The Labute approximate surface area is 156 Å². The number of rotatable bonds is 6. The van der Waals surface area contributed by atoms with Crippen molar-refractivity contribution in [2.75, 3.05) is 31.1 Å². The lowest BCUT2D eigenvalue weighted by atomic mass is 10.2. The van der Waals surface area contributed by atoms with Gasteiger partial charge in [-0.15, -0.1) is 24.0 Å². The number of para-hydroxylation sites is 1. The molecule has 0 spiro atoms. The molecule has 0 fully saturated rings. The summed E-state index contributed by atoms with van der Waals surface area (Å²) in [5.41, 5.74) is 8.25. The third kappa shape index (κ3) is 5.09. The third-order valence-corrected chi connectivity index (χ3v) is 4.10. The van der Waals surface area contributed by atoms with Crippen LogP contribution in [0.3, 0.4) is 0 Å². The number of benzene rings is 1. The number of halogens is 1. The fraction of sp³-hybridized carbons (Fsp3) is 0.529. The van der Waals surface area contributed by atoms with Crippen molar-refractivity contribution in [3.05, 3.63) is 29.8 Å². The Kier molecular flexibility index (Phi) is 8.36. The number of guanidine groups is 1. The predicted octanol–water partition coefficient (Wildman–Crippen LogP) is 2.63. The zero-order valence-corrected chi connectivity index (χ0v) is 16.3. The van der Waals surface area contributed by atoms with Gasteiger partial charge in [-0.2, -0.15) is 0 Å². The molecule has 2 rings (SSSR count). The minimum absolute atomic E-state index is 0. The fourth-order valence-corrected chi connectivity index (χ4v) is 2.80. The number of carbonyl (C=O) groups is 1. The van der Waals surface area contributed by atoms with E-state index < -0.39 is 0 Å². The average molecular weight is 430 g/mol. The van der Waals surface area contributed by atoms with Gasteiger partial charge in [0.25, 0.3) is 0 Å². The summed E-state index contributed by atoms with van der Waals surface area (Å²) in [7, 11) is 0. The largest absolute Gasteiger partial charge is 0.370 e. The van der Waals surface area contributed by atoms with E-state index in [0.29, 0.717) is 18.9 Å². The number of carbonyl (C=O) groups excluding carboxylic acids is 1. The standard InChI is InChI=1S/C17H26N4O.HI/c1-3-20(4-2)17(18)19-12-7-10-16(22)21-13-11-14-8-5-6-9-15(14)21;/h5-6,8-9H,3-4,7,10-13H2,1-2H3,(H2,18,19);1H. The zero-order chi connectivity index (χ0) is 15.9. The van der Waals surface area contributed by atoms with Crippen LogP contribution < -0.4 is 10.6 Å². The molecular weight excluding hydrogens is 403 g/mol. The van der Waals surface area contributed by atoms with Crippen molar-refractivity contribution >= 4 is 41.5 Å². The Bertz CT molecular complexity index is 543. The molecule has 0 atom stereocenters. The van der Waals surface area contributed by atoms with Gasteiger partial charge in [0.1, 0.15) is 0 Å². The molecule has 23 heavy (non-hydrogen) atoms. The van der Waals surface area contributed by atoms with Crippen LogP contribution in [0, 0.1) is 0 Å². The van der Waals surface area contributed by atoms with E-state index in [2.05, 4.69) is 24.9 Å². The van der Waals surface area contributed by atoms with Gasteiger partial charge in [0.05, 0.1) is 0 Å². The number of hydrogen-bond acceptors (Lipinski definition) is 2. The van der Waals surface area contributed by atoms with E-state index in [9.17, 15) is 4.79 Å². The maximum Gasteiger partial charge on any atom is 0.227 e. The van der Waals surface area contributed by atoms with Gasteiger partial charge in [0.15, 0.2) is 5.96 Å². The van der Waals surface area contributed by atoms with Gasteiger partial charge < -0.3 is 15.5 Å². The highest BCUT2D eigenvalue weighted by molar-refractivity contribution is 14.0. The molecule has 1 amide bonds. The molecule has 0 unspecified atom stereocenters. The first-order valence-electron chi connectivity index (χ1n) is 8.10. The van der Waals surface area contributed by atoms with Gasteiger partial charge in [0, 0.05) is 38.3 Å². The predicted molar refractivity (Wildman–Crippen MR) is 107 cm³/mol. The van der Waals surface area contributed by atoms with Crippen LogP contribution in [0.5, 0.6) is 0 Å². The summed E-state index contributed by atoms with van der Waals surface area (Å²) >= 11 is 0. The zero-order valence-electron chi connectivity index (χ0n) is 14.0. The number of fused-ring (bicyclic) bond motifs is 1. The summed E-state index contributed by atoms with van der Waals surface area (Å²) in [5, 5.41) is 0. The first kappa shape index (κ1) is 19.7. The van der Waals surface area contributed by atoms with Crippen molar-refractivity contribution in [1.29, 1.82) is 0 Å². The monoisotopic (exact) mass is 430 g/mol. The molecule has 6 heteroatoms. The third-order valence-electron chi connectivity index (χ3n) is 4.10. The Balaban J connectivity index is 0.00000264. The number of hydrogen-bond donors (Lipinski definition) is 1. The number of amides is 1. The molecule has 0 bridgehead atoms. The SMILES string of the molecule is CCN(CC)C(N)=NCCCC(=O)N1CCc2ccccc21.I. The Hall–Kier alpha value is -1.31. The van der Waals surface area contributed by atoms with Gasteiger partial charge in [0.2, 0.25) is 5.91 Å². The smallest absolute Gasteiger partial charge is 0.227 e. The second-order valence-electron chi connectivity index (χ2n) is 5.44. The first-order chi connectivity index (χ1) is 10.7. The maximum absolute atomic E-state index is 12.3. The lowest BCUT2D eigenvalue weighted by Gasteiger charge is -2.19. The van der Waals surface area contributed by atoms with E-state index in [-0.39, 0.29) is 29.9 Å². The van der Waals surface area contributed by atoms with Crippen LogP contribution in [0.15, 0.2) is 29.3 Å². The van der Waals surface area contributed by atoms with E-state index >= 15 is 0 Å². The molecule has 0 saturated carbocycles. The number of aliphatic imine (C=N–C) groups is 1. The molecule has 0 saturated heterocycles. The summed E-state index contributed by atoms with van der Waals surface area (Å²) in [6.07, 6.45) is 2.21. The van der Waals surface area contributed by atoms with E-state index in [0.717, 1.165) is 38.2 Å². The van der Waals surface area contributed by atoms with E-state index in [1.165, 1.54) is 5.56 Å². The summed E-state index contributed by atoms with van der Waals surface area (Å²) in [6.45, 7) is 7.22. The molecule has 0 aliphatic carbocycles. The molecular formula is C17H27IN4O. The van der Waals surface area contributed by atoms with E-state index in [1.807, 2.05) is 28.0 Å². The Morgan fingerprint density at radius 1 is 1.30 bits per heavy atom. The normalized spacial score (nSPS) is 13.5. The molecule has 0 aromatic heterocycles. The molecule has 5 nitrogen and oxygen atoms in total. The number of nitrogens with two attached hydrogens (primary N) is 1. The highest BCUT2D eigenvalue weighted by Crippen LogP contribution is 2.27. The van der Waals surface area contributed by atoms with E-state index in [4.69, 9.17) is 5.73 Å². The molecule has 1 aromatic carbocycles. The highest BCUT2D eigenvalue weighted by atomic mass is 127. The van der Waals surface area contributed by atoms with Crippen LogP contribution in [0.2, 0.25) is 0 Å². The first-order valence-corrected chi connectivity index (χ1v) is 8.10. The average Bonchev–Trinajstić information content (AvgIpc) is 2.96. The minimum atomic E-state index is 0. The highest BCUT2D eigenvalue weighted by Gasteiger charge is 2.23. The van der Waals surface area contributed by atoms with Crippen LogP contribution in [-0.2, 0) is 11.2 Å². The molecule has 1 aliphatic rings. The molecule has 1 aliphatic heterocycles.